The number of benzene rings is 2. The van der Waals surface area contributed by atoms with Crippen molar-refractivity contribution in [3.63, 3.8) is 0 Å². The van der Waals surface area contributed by atoms with Gasteiger partial charge in [0.25, 0.3) is 0 Å². The molecule has 128 valence electrons. The number of carbonyl (C=O) groups excluding carboxylic acids is 2. The number of rotatable bonds is 4. The first kappa shape index (κ1) is 16.6. The predicted molar refractivity (Wildman–Crippen MR) is 92.8 cm³/mol. The van der Waals surface area contributed by atoms with E-state index < -0.39 is 0 Å². The number of anilines is 1. The van der Waals surface area contributed by atoms with E-state index in [4.69, 9.17) is 14.2 Å². The van der Waals surface area contributed by atoms with Gasteiger partial charge in [0.05, 0.1) is 0 Å². The van der Waals surface area contributed by atoms with Crippen LogP contribution in [0, 0.1) is 0 Å². The fourth-order valence-corrected chi connectivity index (χ4v) is 2.29. The Morgan fingerprint density at radius 1 is 1.04 bits per heavy atom. The van der Waals surface area contributed by atoms with Crippen molar-refractivity contribution >= 4 is 23.6 Å². The molecule has 0 unspecified atom stereocenters. The molecule has 3 rings (SSSR count). The van der Waals surface area contributed by atoms with Crippen molar-refractivity contribution < 1.29 is 23.8 Å². The average molecular weight is 339 g/mol. The molecule has 1 heterocycles. The quantitative estimate of drug-likeness (QED) is 0.526. The second-order valence-corrected chi connectivity index (χ2v) is 5.34. The molecule has 0 saturated heterocycles. The molecule has 0 aliphatic carbocycles. The predicted octanol–water partition coefficient (Wildman–Crippen LogP) is 3.04. The summed E-state index contributed by atoms with van der Waals surface area (Å²) in [4.78, 5) is 22.9. The van der Waals surface area contributed by atoms with E-state index in [0.717, 1.165) is 5.56 Å². The Morgan fingerprint density at radius 2 is 1.76 bits per heavy atom. The molecule has 0 bridgehead atoms. The summed E-state index contributed by atoms with van der Waals surface area (Å²) in [5.41, 5.74) is 1.44. The van der Waals surface area contributed by atoms with Crippen LogP contribution in [-0.2, 0) is 9.59 Å². The highest BCUT2D eigenvalue weighted by Gasteiger charge is 2.12. The molecule has 6 nitrogen and oxygen atoms in total. The highest BCUT2D eigenvalue weighted by atomic mass is 16.6. The van der Waals surface area contributed by atoms with E-state index in [1.807, 2.05) is 0 Å². The maximum absolute atomic E-state index is 12.0. The number of nitrogens with one attached hydrogen (secondary N) is 1. The van der Waals surface area contributed by atoms with Gasteiger partial charge in [-0.2, -0.15) is 0 Å². The Hall–Kier alpha value is -3.28. The van der Waals surface area contributed by atoms with E-state index in [9.17, 15) is 9.59 Å². The lowest BCUT2D eigenvalue weighted by molar-refractivity contribution is -0.131. The first-order valence-corrected chi connectivity index (χ1v) is 7.77. The summed E-state index contributed by atoms with van der Waals surface area (Å²) in [6, 6.07) is 12.1. The molecule has 6 heteroatoms. The molecule has 1 amide bonds. The van der Waals surface area contributed by atoms with Crippen molar-refractivity contribution in [3.8, 4) is 17.2 Å². The maximum Gasteiger partial charge on any atom is 0.308 e. The van der Waals surface area contributed by atoms with Gasteiger partial charge in [0, 0.05) is 24.8 Å². The molecule has 2 aromatic carbocycles. The van der Waals surface area contributed by atoms with Crippen LogP contribution in [0.25, 0.3) is 6.08 Å². The van der Waals surface area contributed by atoms with Crippen LogP contribution < -0.4 is 19.5 Å². The van der Waals surface area contributed by atoms with E-state index in [1.165, 1.54) is 13.0 Å². The van der Waals surface area contributed by atoms with Gasteiger partial charge < -0.3 is 19.5 Å². The third-order valence-electron chi connectivity index (χ3n) is 3.38. The number of hydrogen-bond acceptors (Lipinski definition) is 5. The average Bonchev–Trinajstić information content (AvgIpc) is 2.60. The molecule has 0 radical (unpaired) electrons. The Bertz CT molecular complexity index is 811. The molecule has 25 heavy (non-hydrogen) atoms. The van der Waals surface area contributed by atoms with Crippen LogP contribution >= 0.6 is 0 Å². The van der Waals surface area contributed by atoms with Gasteiger partial charge in [0.2, 0.25) is 5.91 Å². The molecule has 0 spiro atoms. The second kappa shape index (κ2) is 7.53. The van der Waals surface area contributed by atoms with Crippen molar-refractivity contribution in [1.82, 2.24) is 0 Å². The second-order valence-electron chi connectivity index (χ2n) is 5.34. The Kier molecular flexibility index (Phi) is 4.99. The van der Waals surface area contributed by atoms with Gasteiger partial charge in [-0.3, -0.25) is 9.59 Å². The largest absolute Gasteiger partial charge is 0.486 e. The number of hydrogen-bond donors (Lipinski definition) is 1. The molecular formula is C19H17NO5. The molecule has 1 N–H and O–H groups in total. The zero-order chi connectivity index (χ0) is 17.6. The number of fused-ring (bicyclic) bond motifs is 1. The maximum atomic E-state index is 12.0. The summed E-state index contributed by atoms with van der Waals surface area (Å²) in [5.74, 6) is 1.12. The summed E-state index contributed by atoms with van der Waals surface area (Å²) < 4.78 is 15.9. The van der Waals surface area contributed by atoms with Crippen LogP contribution in [0.5, 0.6) is 17.2 Å². The summed E-state index contributed by atoms with van der Waals surface area (Å²) in [6.07, 6.45) is 3.10. The highest BCUT2D eigenvalue weighted by Crippen LogP contribution is 2.32. The molecule has 1 aliphatic rings. The lowest BCUT2D eigenvalue weighted by atomic mass is 10.2. The van der Waals surface area contributed by atoms with Crippen LogP contribution in [0.3, 0.4) is 0 Å². The minimum atomic E-state index is -0.373. The topological polar surface area (TPSA) is 73.9 Å². The molecule has 0 aromatic heterocycles. The fourth-order valence-electron chi connectivity index (χ4n) is 2.29. The molecule has 0 saturated carbocycles. The first-order chi connectivity index (χ1) is 12.1. The standard InChI is InChI=1S/C19H17NO5/c1-13(21)25-16-6-2-14(3-7-16)4-9-19(22)20-15-5-8-17-18(12-15)24-11-10-23-17/h2-9,12H,10-11H2,1H3,(H,20,22)/b9-4+. The molecule has 1 aliphatic heterocycles. The summed E-state index contributed by atoms with van der Waals surface area (Å²) in [5, 5.41) is 2.77. The number of carbonyl (C=O) groups is 2. The van der Waals surface area contributed by atoms with E-state index in [2.05, 4.69) is 5.32 Å². The van der Waals surface area contributed by atoms with Crippen molar-refractivity contribution in [2.75, 3.05) is 18.5 Å². The third kappa shape index (κ3) is 4.60. The van der Waals surface area contributed by atoms with Gasteiger partial charge in [-0.1, -0.05) is 12.1 Å². The highest BCUT2D eigenvalue weighted by molar-refractivity contribution is 6.02. The monoisotopic (exact) mass is 339 g/mol. The van der Waals surface area contributed by atoms with Crippen LogP contribution in [0.1, 0.15) is 12.5 Å². The minimum absolute atomic E-state index is 0.263. The van der Waals surface area contributed by atoms with Gasteiger partial charge in [-0.15, -0.1) is 0 Å². The van der Waals surface area contributed by atoms with Gasteiger partial charge in [0.1, 0.15) is 19.0 Å². The molecule has 2 aromatic rings. The smallest absolute Gasteiger partial charge is 0.308 e. The normalized spacial score (nSPS) is 12.7. The lowest BCUT2D eigenvalue weighted by Crippen LogP contribution is -2.16. The van der Waals surface area contributed by atoms with Crippen molar-refractivity contribution in [3.05, 3.63) is 54.1 Å². The van der Waals surface area contributed by atoms with E-state index >= 15 is 0 Å². The van der Waals surface area contributed by atoms with Gasteiger partial charge in [0.15, 0.2) is 11.5 Å². The van der Waals surface area contributed by atoms with Gasteiger partial charge in [-0.05, 0) is 35.9 Å². The Balaban J connectivity index is 1.60. The van der Waals surface area contributed by atoms with E-state index in [1.54, 1.807) is 48.5 Å². The fraction of sp³-hybridized carbons (Fsp3) is 0.158. The van der Waals surface area contributed by atoms with Crippen LogP contribution in [0.4, 0.5) is 5.69 Å². The zero-order valence-corrected chi connectivity index (χ0v) is 13.7. The minimum Gasteiger partial charge on any atom is -0.486 e. The third-order valence-corrected chi connectivity index (χ3v) is 3.38. The number of ether oxygens (including phenoxy) is 3. The summed E-state index contributed by atoms with van der Waals surface area (Å²) in [6.45, 7) is 2.36. The van der Waals surface area contributed by atoms with Crippen molar-refractivity contribution in [2.24, 2.45) is 0 Å². The Labute approximate surface area is 145 Å². The van der Waals surface area contributed by atoms with E-state index in [-0.39, 0.29) is 11.9 Å². The number of amides is 1. The zero-order valence-electron chi connectivity index (χ0n) is 13.7. The van der Waals surface area contributed by atoms with Crippen LogP contribution in [0.2, 0.25) is 0 Å². The molecule has 0 atom stereocenters. The number of esters is 1. The SMILES string of the molecule is CC(=O)Oc1ccc(/C=C/C(=O)Nc2ccc3c(c2)OCCO3)cc1. The molecule has 0 fully saturated rings. The lowest BCUT2D eigenvalue weighted by Gasteiger charge is -2.18. The summed E-state index contributed by atoms with van der Waals surface area (Å²) in [7, 11) is 0. The van der Waals surface area contributed by atoms with Gasteiger partial charge in [-0.25, -0.2) is 0 Å². The van der Waals surface area contributed by atoms with E-state index in [0.29, 0.717) is 36.1 Å². The van der Waals surface area contributed by atoms with Crippen LogP contribution in [-0.4, -0.2) is 25.1 Å². The Morgan fingerprint density at radius 3 is 2.48 bits per heavy atom. The molecular weight excluding hydrogens is 322 g/mol. The summed E-state index contributed by atoms with van der Waals surface area (Å²) >= 11 is 0. The van der Waals surface area contributed by atoms with Crippen LogP contribution in [0.15, 0.2) is 48.5 Å². The first-order valence-electron chi connectivity index (χ1n) is 7.77. The van der Waals surface area contributed by atoms with Crippen molar-refractivity contribution in [1.29, 1.82) is 0 Å². The van der Waals surface area contributed by atoms with Crippen molar-refractivity contribution in [2.45, 2.75) is 6.92 Å². The van der Waals surface area contributed by atoms with Gasteiger partial charge >= 0.3 is 5.97 Å².